The molecule has 0 bridgehead atoms. The molecule has 0 spiro atoms. The van der Waals surface area contributed by atoms with Gasteiger partial charge in [-0.3, -0.25) is 9.59 Å². The number of carboxylic acid groups (broad SMARTS) is 1. The van der Waals surface area contributed by atoms with Crippen LogP contribution in [0, 0.1) is 0 Å². The molecule has 0 aromatic heterocycles. The van der Waals surface area contributed by atoms with E-state index < -0.39 is 148 Å². The maximum Gasteiger partial charge on any atom is 0.364 e. The lowest BCUT2D eigenvalue weighted by Crippen LogP contribution is -2.70. The van der Waals surface area contributed by atoms with Crippen LogP contribution in [-0.4, -0.2) is 215 Å². The summed E-state index contributed by atoms with van der Waals surface area (Å²) in [5, 5.41) is 136. The topological polar surface area (TPSA) is 373 Å². The van der Waals surface area contributed by atoms with Crippen LogP contribution in [0.4, 0.5) is 0 Å². The minimum absolute atomic E-state index is 0.204. The summed E-state index contributed by atoms with van der Waals surface area (Å²) in [6.45, 7) is 2.18. The van der Waals surface area contributed by atoms with Crippen LogP contribution in [0.1, 0.15) is 239 Å². The van der Waals surface area contributed by atoms with Crippen molar-refractivity contribution in [1.29, 1.82) is 0 Å². The number of carbonyl (C=O) groups excluding carboxylic acids is 2. The largest absolute Gasteiger partial charge is 0.477 e. The minimum atomic E-state index is -3.08. The lowest BCUT2D eigenvalue weighted by Gasteiger charge is -2.50. The highest BCUT2D eigenvalue weighted by Gasteiger charge is 2.60. The Kier molecular flexibility index (Phi) is 41.3. The third-order valence-corrected chi connectivity index (χ3v) is 17.2. The summed E-state index contributed by atoms with van der Waals surface area (Å²) in [4.78, 5) is 38.5. The fourth-order valence-electron chi connectivity index (χ4n) is 11.8. The van der Waals surface area contributed by atoms with Gasteiger partial charge in [-0.15, -0.1) is 0 Å². The normalized spacial score (nSPS) is 29.2. The van der Waals surface area contributed by atoms with E-state index >= 15 is 0 Å². The van der Waals surface area contributed by atoms with Gasteiger partial charge in [0.1, 0.15) is 67.1 Å². The number of rotatable bonds is 50. The van der Waals surface area contributed by atoms with Gasteiger partial charge in [-0.2, -0.15) is 0 Å². The first-order valence-corrected chi connectivity index (χ1v) is 33.5. The number of allylic oxidation sites excluding steroid dienone is 2. The van der Waals surface area contributed by atoms with Crippen LogP contribution in [0.25, 0.3) is 0 Å². The fraction of sp³-hybridized carbons (Fsp3) is 0.922. The van der Waals surface area contributed by atoms with Crippen LogP contribution in [0.3, 0.4) is 0 Å². The molecule has 3 aliphatic rings. The standard InChI is InChI=1S/C64H118N2O21/c1-4-6-8-10-12-14-16-18-19-20-21-22-23-24-26-27-29-31-33-35-37-46(71)45(66-51(74)38-36-34-32-30-28-25-17-15-13-11-9-7-5-2)43-82-61-56(78)55(77)58(50(42-69)84-61)85-62-57(79)60(54(76)49(41-68)83-62)87-64(63(80)81)39-47(72)52(65-44(3)70)59(86-64)53(75)48(73)40-67/h25,28,45-50,52-62,67-69,71-73,75-79H,4-24,26-27,29-43H2,1-3H3,(H,65,70)(H,66,74)(H,80,81)/b28-25-. The number of hydrogen-bond donors (Lipinski definition) is 14. The van der Waals surface area contributed by atoms with Gasteiger partial charge in [0.15, 0.2) is 12.6 Å². The molecular weight excluding hydrogens is 1130 g/mol. The predicted molar refractivity (Wildman–Crippen MR) is 325 cm³/mol. The van der Waals surface area contributed by atoms with Crippen LogP contribution in [0.5, 0.6) is 0 Å². The van der Waals surface area contributed by atoms with Crippen LogP contribution in [-0.2, 0) is 42.8 Å². The molecule has 3 fully saturated rings. The molecule has 510 valence electrons. The number of aliphatic carboxylic acids is 1. The van der Waals surface area contributed by atoms with E-state index in [4.69, 9.17) is 28.4 Å². The Morgan fingerprint density at radius 3 is 1.55 bits per heavy atom. The summed E-state index contributed by atoms with van der Waals surface area (Å²) in [6, 6.07) is -2.53. The van der Waals surface area contributed by atoms with Crippen molar-refractivity contribution in [2.45, 2.75) is 349 Å². The molecule has 0 saturated carbocycles. The monoisotopic (exact) mass is 1250 g/mol. The highest BCUT2D eigenvalue weighted by Crippen LogP contribution is 2.39. The van der Waals surface area contributed by atoms with E-state index in [1.54, 1.807) is 0 Å². The van der Waals surface area contributed by atoms with Gasteiger partial charge in [-0.05, 0) is 38.5 Å². The van der Waals surface area contributed by atoms with Gasteiger partial charge in [0.25, 0.3) is 5.79 Å². The molecule has 3 rings (SSSR count). The van der Waals surface area contributed by atoms with E-state index in [1.807, 2.05) is 0 Å². The summed E-state index contributed by atoms with van der Waals surface area (Å²) >= 11 is 0. The van der Waals surface area contributed by atoms with Crippen molar-refractivity contribution in [2.24, 2.45) is 0 Å². The molecule has 3 aliphatic heterocycles. The maximum atomic E-state index is 13.4. The smallest absolute Gasteiger partial charge is 0.364 e. The van der Waals surface area contributed by atoms with E-state index in [1.165, 1.54) is 135 Å². The molecule has 18 atom stereocenters. The van der Waals surface area contributed by atoms with Gasteiger partial charge >= 0.3 is 5.97 Å². The van der Waals surface area contributed by atoms with Crippen molar-refractivity contribution in [2.75, 3.05) is 26.4 Å². The van der Waals surface area contributed by atoms with Gasteiger partial charge in [0, 0.05) is 19.8 Å². The van der Waals surface area contributed by atoms with Crippen LogP contribution in [0.15, 0.2) is 12.2 Å². The molecule has 14 N–H and O–H groups in total. The Labute approximate surface area is 518 Å². The van der Waals surface area contributed by atoms with Crippen LogP contribution in [0.2, 0.25) is 0 Å². The van der Waals surface area contributed by atoms with Crippen molar-refractivity contribution in [3.63, 3.8) is 0 Å². The number of carboxylic acids is 1. The first-order valence-electron chi connectivity index (χ1n) is 33.5. The molecule has 2 amide bonds. The number of unbranched alkanes of at least 4 members (excludes halogenated alkanes) is 28. The van der Waals surface area contributed by atoms with Gasteiger partial charge in [0.2, 0.25) is 11.8 Å². The number of amides is 2. The Morgan fingerprint density at radius 2 is 1.07 bits per heavy atom. The Hall–Kier alpha value is -2.53. The highest BCUT2D eigenvalue weighted by atomic mass is 16.8. The number of aliphatic hydroxyl groups is 11. The summed E-state index contributed by atoms with van der Waals surface area (Å²) in [5.74, 6) is -6.12. The first kappa shape index (κ1) is 78.7. The number of aliphatic hydroxyl groups excluding tert-OH is 11. The average molecular weight is 1250 g/mol. The summed E-state index contributed by atoms with van der Waals surface area (Å²) in [6.07, 6.45) is 12.3. The second kappa shape index (κ2) is 45.7. The molecule has 23 heteroatoms. The summed E-state index contributed by atoms with van der Waals surface area (Å²) in [5.41, 5.74) is 0. The second-order valence-electron chi connectivity index (χ2n) is 24.7. The predicted octanol–water partition coefficient (Wildman–Crippen LogP) is 5.12. The third-order valence-electron chi connectivity index (χ3n) is 17.2. The first-order chi connectivity index (χ1) is 41.9. The van der Waals surface area contributed by atoms with Crippen molar-refractivity contribution in [3.05, 3.63) is 12.2 Å². The Balaban J connectivity index is 1.61. The van der Waals surface area contributed by atoms with Gasteiger partial charge in [0.05, 0.1) is 50.7 Å². The molecule has 3 saturated heterocycles. The molecule has 87 heavy (non-hydrogen) atoms. The molecule has 0 radical (unpaired) electrons. The van der Waals surface area contributed by atoms with E-state index in [0.29, 0.717) is 19.3 Å². The van der Waals surface area contributed by atoms with Gasteiger partial charge in [-0.1, -0.05) is 193 Å². The molecular formula is C64H118N2O21. The lowest BCUT2D eigenvalue weighted by atomic mass is 9.88. The second-order valence-corrected chi connectivity index (χ2v) is 24.7. The van der Waals surface area contributed by atoms with E-state index in [0.717, 1.165) is 58.3 Å². The Bertz CT molecular complexity index is 1820. The van der Waals surface area contributed by atoms with Crippen LogP contribution >= 0.6 is 0 Å². The highest BCUT2D eigenvalue weighted by molar-refractivity contribution is 5.77. The van der Waals surface area contributed by atoms with E-state index in [9.17, 15) is 75.7 Å². The molecule has 0 aromatic rings. The van der Waals surface area contributed by atoms with Crippen molar-refractivity contribution in [1.82, 2.24) is 10.6 Å². The molecule has 0 aromatic carbocycles. The number of hydrogen-bond acceptors (Lipinski definition) is 20. The fourth-order valence-corrected chi connectivity index (χ4v) is 11.8. The molecule has 23 nitrogen and oxygen atoms in total. The zero-order chi connectivity index (χ0) is 64.0. The summed E-state index contributed by atoms with van der Waals surface area (Å²) in [7, 11) is 0. The van der Waals surface area contributed by atoms with Gasteiger partial charge in [-0.25, -0.2) is 4.79 Å². The van der Waals surface area contributed by atoms with Crippen molar-refractivity contribution >= 4 is 17.8 Å². The van der Waals surface area contributed by atoms with E-state index in [-0.39, 0.29) is 18.9 Å². The molecule has 18 unspecified atom stereocenters. The lowest BCUT2D eigenvalue weighted by molar-refractivity contribution is -0.386. The number of ether oxygens (including phenoxy) is 6. The average Bonchev–Trinajstić information content (AvgIpc) is 1.24. The van der Waals surface area contributed by atoms with Crippen LogP contribution < -0.4 is 10.6 Å². The quantitative estimate of drug-likeness (QED) is 0.0278. The van der Waals surface area contributed by atoms with E-state index in [2.05, 4.69) is 36.6 Å². The summed E-state index contributed by atoms with van der Waals surface area (Å²) < 4.78 is 34.8. The zero-order valence-electron chi connectivity index (χ0n) is 52.9. The third kappa shape index (κ3) is 28.9. The zero-order valence-corrected chi connectivity index (χ0v) is 52.9. The molecule has 3 heterocycles. The van der Waals surface area contributed by atoms with Crippen molar-refractivity contribution < 1.29 is 104 Å². The number of nitrogens with one attached hydrogen (secondary N) is 2. The van der Waals surface area contributed by atoms with Crippen molar-refractivity contribution in [3.8, 4) is 0 Å². The number of carbonyl (C=O) groups is 3. The minimum Gasteiger partial charge on any atom is -0.477 e. The molecule has 0 aliphatic carbocycles. The Morgan fingerprint density at radius 1 is 0.586 bits per heavy atom. The van der Waals surface area contributed by atoms with Gasteiger partial charge < -0.3 is 100 Å². The SMILES string of the molecule is CCCCCCCC/C=C\CCCCCC(=O)NC(COC1OC(CO)C(OC2OC(CO)C(O)C(OC3(C(=O)O)CC(O)C(NC(C)=O)C(C(O)C(O)CO)O3)C2O)C(O)C1O)C(O)CCCCCCCCCCCCCCCCCCCCCC. The maximum absolute atomic E-state index is 13.4.